The van der Waals surface area contributed by atoms with Crippen molar-refractivity contribution in [3.63, 3.8) is 0 Å². The Kier molecular flexibility index (Phi) is 10.9. The second kappa shape index (κ2) is 10.9. The van der Waals surface area contributed by atoms with Gasteiger partial charge in [-0.3, -0.25) is 0 Å². The molecule has 0 saturated carbocycles. The summed E-state index contributed by atoms with van der Waals surface area (Å²) < 4.78 is 0. The van der Waals surface area contributed by atoms with Crippen LogP contribution < -0.4 is 0 Å². The van der Waals surface area contributed by atoms with Crippen molar-refractivity contribution in [3.05, 3.63) is 0 Å². The average Bonchev–Trinajstić information content (AvgIpc) is 2.34. The highest BCUT2D eigenvalue weighted by Gasteiger charge is 2.11. The molecule has 110 valence electrons. The van der Waals surface area contributed by atoms with Crippen molar-refractivity contribution in [2.75, 3.05) is 0 Å². The Hall–Kier alpha value is 0. The van der Waals surface area contributed by atoms with Crippen LogP contribution in [0.5, 0.6) is 0 Å². The normalized spacial score (nSPS) is 16.8. The van der Waals surface area contributed by atoms with E-state index in [2.05, 4.69) is 41.5 Å². The molecule has 0 bridgehead atoms. The van der Waals surface area contributed by atoms with Crippen molar-refractivity contribution in [1.82, 2.24) is 0 Å². The first kappa shape index (κ1) is 18.0. The summed E-state index contributed by atoms with van der Waals surface area (Å²) in [4.78, 5) is 0. The summed E-state index contributed by atoms with van der Waals surface area (Å²) in [6.45, 7) is 14.3. The summed E-state index contributed by atoms with van der Waals surface area (Å²) in [5.41, 5.74) is 0. The van der Waals surface area contributed by atoms with Gasteiger partial charge in [0.1, 0.15) is 0 Å². The molecule has 0 aliphatic carbocycles. The lowest BCUT2D eigenvalue weighted by atomic mass is 9.86. The Bertz CT molecular complexity index is 171. The van der Waals surface area contributed by atoms with Crippen LogP contribution in [0.3, 0.4) is 0 Å². The average molecular weight is 255 g/mol. The van der Waals surface area contributed by atoms with Gasteiger partial charge in [0, 0.05) is 0 Å². The fourth-order valence-corrected chi connectivity index (χ4v) is 2.60. The molecular formula is C18H38. The number of hydrogen-bond acceptors (Lipinski definition) is 0. The van der Waals surface area contributed by atoms with Crippen molar-refractivity contribution in [1.29, 1.82) is 0 Å². The van der Waals surface area contributed by atoms with Gasteiger partial charge in [-0.15, -0.1) is 0 Å². The fourth-order valence-electron chi connectivity index (χ4n) is 2.60. The molecule has 0 aliphatic rings. The smallest absolute Gasteiger partial charge is 0.0417 e. The SMILES string of the molecule is CCC(C)C(C)CCC(C)CCCCCC(C)C. The Morgan fingerprint density at radius 3 is 1.78 bits per heavy atom. The van der Waals surface area contributed by atoms with Crippen LogP contribution in [0, 0.1) is 23.7 Å². The topological polar surface area (TPSA) is 0 Å². The minimum atomic E-state index is 0.888. The highest BCUT2D eigenvalue weighted by Crippen LogP contribution is 2.24. The lowest BCUT2D eigenvalue weighted by Crippen LogP contribution is -2.08. The molecule has 0 aliphatic heterocycles. The van der Waals surface area contributed by atoms with Gasteiger partial charge in [0.25, 0.3) is 0 Å². The van der Waals surface area contributed by atoms with Crippen LogP contribution in [0.25, 0.3) is 0 Å². The van der Waals surface area contributed by atoms with Gasteiger partial charge in [-0.2, -0.15) is 0 Å². The van der Waals surface area contributed by atoms with Gasteiger partial charge in [-0.05, 0) is 23.7 Å². The summed E-state index contributed by atoms with van der Waals surface area (Å²) in [6.07, 6.45) is 11.4. The lowest BCUT2D eigenvalue weighted by molar-refractivity contribution is 0.316. The van der Waals surface area contributed by atoms with Gasteiger partial charge < -0.3 is 0 Å². The van der Waals surface area contributed by atoms with E-state index in [-0.39, 0.29) is 0 Å². The highest BCUT2D eigenvalue weighted by atomic mass is 14.2. The summed E-state index contributed by atoms with van der Waals surface area (Å²) >= 11 is 0. The largest absolute Gasteiger partial charge is 0.0651 e. The Balaban J connectivity index is 3.45. The zero-order chi connectivity index (χ0) is 14.0. The Morgan fingerprint density at radius 2 is 1.22 bits per heavy atom. The monoisotopic (exact) mass is 254 g/mol. The zero-order valence-corrected chi connectivity index (χ0v) is 14.0. The van der Waals surface area contributed by atoms with Crippen LogP contribution in [-0.4, -0.2) is 0 Å². The maximum absolute atomic E-state index is 2.45. The molecule has 0 heteroatoms. The van der Waals surface area contributed by atoms with Crippen molar-refractivity contribution >= 4 is 0 Å². The summed E-state index contributed by atoms with van der Waals surface area (Å²) in [7, 11) is 0. The molecule has 3 atom stereocenters. The van der Waals surface area contributed by atoms with E-state index in [1.54, 1.807) is 0 Å². The van der Waals surface area contributed by atoms with E-state index < -0.39 is 0 Å². The van der Waals surface area contributed by atoms with E-state index in [9.17, 15) is 0 Å². The predicted molar refractivity (Wildman–Crippen MR) is 84.9 cm³/mol. The second-order valence-corrected chi connectivity index (χ2v) is 7.08. The molecule has 0 nitrogen and oxygen atoms in total. The van der Waals surface area contributed by atoms with E-state index in [1.807, 2.05) is 0 Å². The minimum Gasteiger partial charge on any atom is -0.0651 e. The molecule has 0 saturated heterocycles. The molecule has 0 fully saturated rings. The van der Waals surface area contributed by atoms with Crippen LogP contribution in [0.4, 0.5) is 0 Å². The van der Waals surface area contributed by atoms with Gasteiger partial charge in [0.2, 0.25) is 0 Å². The standard InChI is InChI=1S/C18H38/c1-7-17(5)18(6)14-13-16(4)12-10-8-9-11-15(2)3/h15-18H,7-14H2,1-6H3. The molecule has 0 amide bonds. The molecule has 0 radical (unpaired) electrons. The maximum Gasteiger partial charge on any atom is -0.0417 e. The third-order valence-electron chi connectivity index (χ3n) is 4.71. The summed E-state index contributed by atoms with van der Waals surface area (Å²) in [5, 5.41) is 0. The van der Waals surface area contributed by atoms with Gasteiger partial charge in [0.05, 0.1) is 0 Å². The summed E-state index contributed by atoms with van der Waals surface area (Å²) in [6, 6.07) is 0. The van der Waals surface area contributed by atoms with E-state index in [0.29, 0.717) is 0 Å². The molecule has 0 rings (SSSR count). The van der Waals surface area contributed by atoms with Crippen LogP contribution in [0.2, 0.25) is 0 Å². The van der Waals surface area contributed by atoms with E-state index in [1.165, 1.54) is 51.4 Å². The van der Waals surface area contributed by atoms with Crippen LogP contribution in [-0.2, 0) is 0 Å². The van der Waals surface area contributed by atoms with Gasteiger partial charge >= 0.3 is 0 Å². The molecule has 3 unspecified atom stereocenters. The summed E-state index contributed by atoms with van der Waals surface area (Å²) in [5.74, 6) is 3.65. The van der Waals surface area contributed by atoms with Crippen molar-refractivity contribution < 1.29 is 0 Å². The zero-order valence-electron chi connectivity index (χ0n) is 14.0. The number of hydrogen-bond donors (Lipinski definition) is 0. The van der Waals surface area contributed by atoms with Crippen LogP contribution in [0.1, 0.15) is 92.9 Å². The number of rotatable bonds is 11. The third-order valence-corrected chi connectivity index (χ3v) is 4.71. The van der Waals surface area contributed by atoms with Crippen molar-refractivity contribution in [3.8, 4) is 0 Å². The van der Waals surface area contributed by atoms with Crippen LogP contribution >= 0.6 is 0 Å². The van der Waals surface area contributed by atoms with Gasteiger partial charge in [-0.1, -0.05) is 92.9 Å². The fraction of sp³-hybridized carbons (Fsp3) is 1.00. The van der Waals surface area contributed by atoms with Crippen molar-refractivity contribution in [2.45, 2.75) is 92.9 Å². The van der Waals surface area contributed by atoms with E-state index in [4.69, 9.17) is 0 Å². The Morgan fingerprint density at radius 1 is 0.611 bits per heavy atom. The molecule has 0 spiro atoms. The van der Waals surface area contributed by atoms with E-state index >= 15 is 0 Å². The molecule has 0 N–H and O–H groups in total. The molecule has 0 aromatic carbocycles. The molecule has 0 aromatic heterocycles. The van der Waals surface area contributed by atoms with Gasteiger partial charge in [0.15, 0.2) is 0 Å². The molecule has 0 aromatic rings. The quantitative estimate of drug-likeness (QED) is 0.360. The first-order chi connectivity index (χ1) is 8.47. The number of unbranched alkanes of at least 4 members (excludes halogenated alkanes) is 2. The third kappa shape index (κ3) is 9.97. The maximum atomic E-state index is 2.45. The first-order valence-electron chi connectivity index (χ1n) is 8.47. The van der Waals surface area contributed by atoms with Crippen molar-refractivity contribution in [2.24, 2.45) is 23.7 Å². The highest BCUT2D eigenvalue weighted by molar-refractivity contribution is 4.63. The first-order valence-corrected chi connectivity index (χ1v) is 8.47. The van der Waals surface area contributed by atoms with Gasteiger partial charge in [-0.25, -0.2) is 0 Å². The minimum absolute atomic E-state index is 0.888. The predicted octanol–water partition coefficient (Wildman–Crippen LogP) is 6.69. The second-order valence-electron chi connectivity index (χ2n) is 7.08. The van der Waals surface area contributed by atoms with Crippen LogP contribution in [0.15, 0.2) is 0 Å². The van der Waals surface area contributed by atoms with E-state index in [0.717, 1.165) is 23.7 Å². The molecule has 18 heavy (non-hydrogen) atoms. The lowest BCUT2D eigenvalue weighted by Gasteiger charge is -2.20. The molecule has 0 heterocycles. The Labute approximate surface area is 117 Å². The molecular weight excluding hydrogens is 216 g/mol.